The quantitative estimate of drug-likeness (QED) is 0.869. The molecular formula is C16H22N2O4. The lowest BCUT2D eigenvalue weighted by Crippen LogP contribution is -2.43. The normalized spacial score (nSPS) is 19.0. The number of hydrogen-bond acceptors (Lipinski definition) is 3. The molecule has 120 valence electrons. The second-order valence-corrected chi connectivity index (χ2v) is 5.69. The van der Waals surface area contributed by atoms with E-state index in [-0.39, 0.29) is 6.03 Å². The van der Waals surface area contributed by atoms with Gasteiger partial charge in [-0.1, -0.05) is 29.8 Å². The third kappa shape index (κ3) is 3.98. The minimum absolute atomic E-state index is 0.318. The van der Waals surface area contributed by atoms with Crippen LogP contribution in [0.4, 0.5) is 4.79 Å². The zero-order valence-electron chi connectivity index (χ0n) is 12.9. The largest absolute Gasteiger partial charge is 0.479 e. The molecule has 1 heterocycles. The fourth-order valence-electron chi connectivity index (χ4n) is 2.74. The molecular weight excluding hydrogens is 284 g/mol. The van der Waals surface area contributed by atoms with Crippen LogP contribution in [0.15, 0.2) is 24.3 Å². The van der Waals surface area contributed by atoms with Crippen molar-refractivity contribution in [2.24, 2.45) is 5.92 Å². The van der Waals surface area contributed by atoms with E-state index in [9.17, 15) is 14.7 Å². The summed E-state index contributed by atoms with van der Waals surface area (Å²) in [5.74, 6) is -0.746. The number of carbonyl (C=O) groups excluding carboxylic acids is 1. The maximum absolute atomic E-state index is 12.3. The van der Waals surface area contributed by atoms with Gasteiger partial charge in [0.05, 0.1) is 6.61 Å². The Hall–Kier alpha value is -2.08. The number of nitrogens with one attached hydrogen (secondary N) is 1. The number of likely N-dealkylation sites (tertiary alicyclic amines) is 1. The fraction of sp³-hybridized carbons (Fsp3) is 0.500. The van der Waals surface area contributed by atoms with Gasteiger partial charge in [-0.15, -0.1) is 0 Å². The molecule has 2 unspecified atom stereocenters. The number of ether oxygens (including phenoxy) is 1. The molecule has 2 N–H and O–H groups in total. The van der Waals surface area contributed by atoms with E-state index in [4.69, 9.17) is 4.74 Å². The van der Waals surface area contributed by atoms with Gasteiger partial charge in [0.1, 0.15) is 0 Å². The van der Waals surface area contributed by atoms with Gasteiger partial charge in [-0.25, -0.2) is 9.59 Å². The number of rotatable bonds is 5. The summed E-state index contributed by atoms with van der Waals surface area (Å²) in [7, 11) is 1.64. The van der Waals surface area contributed by atoms with Crippen LogP contribution in [0.2, 0.25) is 0 Å². The van der Waals surface area contributed by atoms with E-state index < -0.39 is 12.0 Å². The number of carboxylic acid groups (broad SMARTS) is 1. The predicted molar refractivity (Wildman–Crippen MR) is 81.6 cm³/mol. The van der Waals surface area contributed by atoms with Crippen molar-refractivity contribution in [1.29, 1.82) is 0 Å². The van der Waals surface area contributed by atoms with Crippen molar-refractivity contribution >= 4 is 12.0 Å². The number of carbonyl (C=O) groups is 2. The van der Waals surface area contributed by atoms with Crippen molar-refractivity contribution in [2.45, 2.75) is 19.4 Å². The standard InChI is InChI=1S/C16H22N2O4/c1-11-4-3-5-13(8-11)14(15(19)20)17-16(21)18-7-6-12(9-18)10-22-2/h3-5,8,12,14H,6-7,9-10H2,1-2H3,(H,17,21)(H,19,20). The Morgan fingerprint density at radius 1 is 1.50 bits per heavy atom. The molecule has 0 bridgehead atoms. The first-order valence-electron chi connectivity index (χ1n) is 7.35. The molecule has 2 atom stereocenters. The lowest BCUT2D eigenvalue weighted by Gasteiger charge is -2.21. The Kier molecular flexibility index (Phi) is 5.38. The molecule has 1 aromatic carbocycles. The lowest BCUT2D eigenvalue weighted by atomic mass is 10.0. The second kappa shape index (κ2) is 7.26. The molecule has 1 fully saturated rings. The van der Waals surface area contributed by atoms with E-state index in [0.29, 0.717) is 31.2 Å². The monoisotopic (exact) mass is 306 g/mol. The van der Waals surface area contributed by atoms with Gasteiger partial charge in [-0.05, 0) is 18.9 Å². The number of methoxy groups -OCH3 is 1. The van der Waals surface area contributed by atoms with Gasteiger partial charge in [-0.2, -0.15) is 0 Å². The summed E-state index contributed by atoms with van der Waals surface area (Å²) in [5, 5.41) is 12.0. The summed E-state index contributed by atoms with van der Waals surface area (Å²) in [5.41, 5.74) is 1.54. The molecule has 6 heteroatoms. The van der Waals surface area contributed by atoms with Gasteiger partial charge in [0.2, 0.25) is 0 Å². The number of urea groups is 1. The van der Waals surface area contributed by atoms with Crippen molar-refractivity contribution in [3.63, 3.8) is 0 Å². The second-order valence-electron chi connectivity index (χ2n) is 5.69. The average Bonchev–Trinajstić information content (AvgIpc) is 2.93. The first kappa shape index (κ1) is 16.3. The molecule has 1 aromatic rings. The molecule has 1 aliphatic rings. The number of carboxylic acids is 1. The molecule has 0 spiro atoms. The number of aryl methyl sites for hydroxylation is 1. The van der Waals surface area contributed by atoms with Crippen molar-refractivity contribution < 1.29 is 19.4 Å². The van der Waals surface area contributed by atoms with E-state index in [1.807, 2.05) is 13.0 Å². The van der Waals surface area contributed by atoms with Crippen LogP contribution >= 0.6 is 0 Å². The van der Waals surface area contributed by atoms with Gasteiger partial charge in [-0.3, -0.25) is 0 Å². The summed E-state index contributed by atoms with van der Waals surface area (Å²) < 4.78 is 5.10. The highest BCUT2D eigenvalue weighted by molar-refractivity contribution is 5.83. The highest BCUT2D eigenvalue weighted by Gasteiger charge is 2.29. The fourth-order valence-corrected chi connectivity index (χ4v) is 2.74. The van der Waals surface area contributed by atoms with E-state index >= 15 is 0 Å². The molecule has 0 radical (unpaired) electrons. The molecule has 2 amide bonds. The number of nitrogens with zero attached hydrogens (tertiary/aromatic N) is 1. The van der Waals surface area contributed by atoms with Gasteiger partial charge < -0.3 is 20.1 Å². The van der Waals surface area contributed by atoms with Gasteiger partial charge in [0.15, 0.2) is 6.04 Å². The Balaban J connectivity index is 2.03. The Bertz CT molecular complexity index is 547. The zero-order chi connectivity index (χ0) is 16.1. The summed E-state index contributed by atoms with van der Waals surface area (Å²) in [6.07, 6.45) is 0.878. The van der Waals surface area contributed by atoms with Crippen LogP contribution in [0.3, 0.4) is 0 Å². The topological polar surface area (TPSA) is 78.9 Å². The number of amides is 2. The van der Waals surface area contributed by atoms with Crippen molar-refractivity contribution in [2.75, 3.05) is 26.8 Å². The number of aliphatic carboxylic acids is 1. The first-order valence-corrected chi connectivity index (χ1v) is 7.35. The molecule has 22 heavy (non-hydrogen) atoms. The third-order valence-corrected chi connectivity index (χ3v) is 3.87. The van der Waals surface area contributed by atoms with Crippen LogP contribution in [0.1, 0.15) is 23.6 Å². The maximum atomic E-state index is 12.3. The first-order chi connectivity index (χ1) is 10.5. The van der Waals surface area contributed by atoms with Crippen LogP contribution in [0.25, 0.3) is 0 Å². The van der Waals surface area contributed by atoms with Crippen molar-refractivity contribution in [3.05, 3.63) is 35.4 Å². The number of benzene rings is 1. The Morgan fingerprint density at radius 2 is 2.27 bits per heavy atom. The van der Waals surface area contributed by atoms with E-state index in [0.717, 1.165) is 12.0 Å². The number of hydrogen-bond donors (Lipinski definition) is 2. The van der Waals surface area contributed by atoms with Gasteiger partial charge in [0.25, 0.3) is 0 Å². The molecule has 0 aromatic heterocycles. The maximum Gasteiger partial charge on any atom is 0.330 e. The molecule has 0 aliphatic carbocycles. The summed E-state index contributed by atoms with van der Waals surface area (Å²) in [6, 6.07) is 5.79. The SMILES string of the molecule is COCC1CCN(C(=O)NC(C(=O)O)c2cccc(C)c2)C1. The summed E-state index contributed by atoms with van der Waals surface area (Å²) in [4.78, 5) is 25.4. The highest BCUT2D eigenvalue weighted by Crippen LogP contribution is 2.19. The highest BCUT2D eigenvalue weighted by atomic mass is 16.5. The van der Waals surface area contributed by atoms with Gasteiger partial charge >= 0.3 is 12.0 Å². The molecule has 0 saturated carbocycles. The zero-order valence-corrected chi connectivity index (χ0v) is 12.9. The van der Waals surface area contributed by atoms with Crippen LogP contribution in [-0.4, -0.2) is 48.8 Å². The molecule has 1 aliphatic heterocycles. The minimum Gasteiger partial charge on any atom is -0.479 e. The van der Waals surface area contributed by atoms with Gasteiger partial charge in [0, 0.05) is 26.1 Å². The van der Waals surface area contributed by atoms with Crippen LogP contribution < -0.4 is 5.32 Å². The van der Waals surface area contributed by atoms with Crippen molar-refractivity contribution in [1.82, 2.24) is 10.2 Å². The summed E-state index contributed by atoms with van der Waals surface area (Å²) in [6.45, 7) is 3.73. The van der Waals surface area contributed by atoms with Crippen LogP contribution in [0.5, 0.6) is 0 Å². The third-order valence-electron chi connectivity index (χ3n) is 3.87. The lowest BCUT2D eigenvalue weighted by molar-refractivity contribution is -0.139. The Labute approximate surface area is 130 Å². The molecule has 1 saturated heterocycles. The average molecular weight is 306 g/mol. The van der Waals surface area contributed by atoms with Crippen molar-refractivity contribution in [3.8, 4) is 0 Å². The van der Waals surface area contributed by atoms with E-state index in [1.54, 1.807) is 30.2 Å². The van der Waals surface area contributed by atoms with E-state index in [1.165, 1.54) is 0 Å². The van der Waals surface area contributed by atoms with E-state index in [2.05, 4.69) is 5.32 Å². The molecule has 2 rings (SSSR count). The Morgan fingerprint density at radius 3 is 2.91 bits per heavy atom. The molecule has 6 nitrogen and oxygen atoms in total. The van der Waals surface area contributed by atoms with Crippen LogP contribution in [0, 0.1) is 12.8 Å². The minimum atomic E-state index is -1.06. The van der Waals surface area contributed by atoms with Crippen LogP contribution in [-0.2, 0) is 9.53 Å². The summed E-state index contributed by atoms with van der Waals surface area (Å²) >= 11 is 0. The smallest absolute Gasteiger partial charge is 0.330 e. The predicted octanol–water partition coefficient (Wildman–Crippen LogP) is 1.80.